The van der Waals surface area contributed by atoms with E-state index in [4.69, 9.17) is 0 Å². The van der Waals surface area contributed by atoms with Crippen LogP contribution in [0.2, 0.25) is 0 Å². The van der Waals surface area contributed by atoms with Crippen LogP contribution in [0.5, 0.6) is 0 Å². The second kappa shape index (κ2) is 5.78. The normalized spacial score (nSPS) is 16.9. The van der Waals surface area contributed by atoms with Crippen molar-refractivity contribution in [2.45, 2.75) is 44.2 Å². The maximum atomic E-state index is 13.5. The lowest BCUT2D eigenvalue weighted by atomic mass is 9.91. The van der Waals surface area contributed by atoms with Crippen LogP contribution in [0, 0.1) is 18.3 Å². The van der Waals surface area contributed by atoms with E-state index >= 15 is 0 Å². The van der Waals surface area contributed by atoms with Crippen molar-refractivity contribution >= 4 is 11.0 Å². The van der Waals surface area contributed by atoms with E-state index in [9.17, 15) is 22.6 Å². The fraction of sp³-hybridized carbons (Fsp3) is 0.500. The van der Waals surface area contributed by atoms with Gasteiger partial charge in [0, 0.05) is 0 Å². The molecule has 1 rings (SSSR count). The molecule has 1 unspecified atom stereocenters. The first kappa shape index (κ1) is 17.7. The van der Waals surface area contributed by atoms with Crippen LogP contribution in [0.3, 0.4) is 0 Å². The molecule has 3 nitrogen and oxygen atoms in total. The molecule has 0 aromatic heterocycles. The number of nitrogens with one attached hydrogen (secondary N) is 1. The van der Waals surface area contributed by atoms with Gasteiger partial charge >= 0.3 is 6.18 Å². The summed E-state index contributed by atoms with van der Waals surface area (Å²) in [7, 11) is -2.05. The number of halogens is 3. The van der Waals surface area contributed by atoms with E-state index in [1.807, 2.05) is 4.72 Å². The predicted octanol–water partition coefficient (Wildman–Crippen LogP) is 3.33. The van der Waals surface area contributed by atoms with Crippen molar-refractivity contribution in [2.24, 2.45) is 0 Å². The van der Waals surface area contributed by atoms with Gasteiger partial charge in [-0.1, -0.05) is 29.8 Å². The molecular formula is C14H17F3N2OS. The largest absolute Gasteiger partial charge is 0.425 e. The molecule has 0 spiro atoms. The molecule has 0 aliphatic carbocycles. The highest BCUT2D eigenvalue weighted by Gasteiger charge is 2.58. The molecule has 0 bridgehead atoms. The fourth-order valence-corrected chi connectivity index (χ4v) is 2.39. The van der Waals surface area contributed by atoms with Crippen LogP contribution in [0.15, 0.2) is 24.3 Å². The van der Waals surface area contributed by atoms with Gasteiger partial charge < -0.3 is 0 Å². The zero-order chi connectivity index (χ0) is 16.5. The van der Waals surface area contributed by atoms with Gasteiger partial charge in [-0.25, -0.2) is 8.93 Å². The van der Waals surface area contributed by atoms with E-state index in [-0.39, 0.29) is 5.56 Å². The highest BCUT2D eigenvalue weighted by atomic mass is 32.2. The molecule has 2 atom stereocenters. The standard InChI is InChI=1S/C14H17F3N2OS/c1-10-5-7-11(8-6-10)13(9-18,14(15,16)17)19-21(20)12(2,3)4/h5-8,19H,1-4H3/t13-,21?/m0/s1. The van der Waals surface area contributed by atoms with Crippen LogP contribution in [-0.4, -0.2) is 15.1 Å². The Morgan fingerprint density at radius 3 is 1.95 bits per heavy atom. The van der Waals surface area contributed by atoms with E-state index in [0.29, 0.717) is 0 Å². The first-order valence-corrected chi connectivity index (χ1v) is 7.34. The maximum absolute atomic E-state index is 13.5. The van der Waals surface area contributed by atoms with Crippen LogP contribution < -0.4 is 4.72 Å². The lowest BCUT2D eigenvalue weighted by molar-refractivity contribution is -0.176. The van der Waals surface area contributed by atoms with Gasteiger partial charge in [-0.3, -0.25) is 0 Å². The van der Waals surface area contributed by atoms with Crippen LogP contribution in [0.1, 0.15) is 31.9 Å². The molecule has 0 saturated carbocycles. The molecule has 0 radical (unpaired) electrons. The molecule has 0 saturated heterocycles. The first-order valence-electron chi connectivity index (χ1n) is 6.19. The zero-order valence-electron chi connectivity index (χ0n) is 12.2. The molecule has 116 valence electrons. The number of alkyl halides is 3. The van der Waals surface area contributed by atoms with Crippen molar-refractivity contribution in [2.75, 3.05) is 0 Å². The summed E-state index contributed by atoms with van der Waals surface area (Å²) in [4.78, 5) is 0. The van der Waals surface area contributed by atoms with Gasteiger partial charge in [0.1, 0.15) is 6.07 Å². The number of rotatable bonds is 3. The highest BCUT2D eigenvalue weighted by Crippen LogP contribution is 2.39. The molecule has 21 heavy (non-hydrogen) atoms. The van der Waals surface area contributed by atoms with Gasteiger partial charge in [0.25, 0.3) is 0 Å². The third-order valence-electron chi connectivity index (χ3n) is 2.88. The summed E-state index contributed by atoms with van der Waals surface area (Å²) in [5.74, 6) is 0. The lowest BCUT2D eigenvalue weighted by Crippen LogP contribution is -2.56. The number of hydrogen-bond donors (Lipinski definition) is 1. The van der Waals surface area contributed by atoms with Gasteiger partial charge in [0.05, 0.1) is 15.7 Å². The zero-order valence-corrected chi connectivity index (χ0v) is 13.0. The van der Waals surface area contributed by atoms with Crippen molar-refractivity contribution in [3.63, 3.8) is 0 Å². The quantitative estimate of drug-likeness (QED) is 0.929. The van der Waals surface area contributed by atoms with E-state index in [2.05, 4.69) is 0 Å². The summed E-state index contributed by atoms with van der Waals surface area (Å²) in [5, 5.41) is 9.18. The average Bonchev–Trinajstić information content (AvgIpc) is 2.34. The summed E-state index contributed by atoms with van der Waals surface area (Å²) in [6, 6.07) is 6.67. The molecular weight excluding hydrogens is 301 g/mol. The monoisotopic (exact) mass is 318 g/mol. The third kappa shape index (κ3) is 3.63. The molecule has 0 fully saturated rings. The van der Waals surface area contributed by atoms with Crippen molar-refractivity contribution in [1.82, 2.24) is 4.72 Å². The van der Waals surface area contributed by atoms with E-state index in [1.54, 1.807) is 6.92 Å². The average molecular weight is 318 g/mol. The minimum Gasteiger partial charge on any atom is -0.242 e. The second-order valence-electron chi connectivity index (χ2n) is 5.71. The molecule has 1 aromatic rings. The number of benzene rings is 1. The summed E-state index contributed by atoms with van der Waals surface area (Å²) in [5.41, 5.74) is -2.51. The summed E-state index contributed by atoms with van der Waals surface area (Å²) >= 11 is 0. The van der Waals surface area contributed by atoms with Crippen LogP contribution in [-0.2, 0) is 16.5 Å². The van der Waals surface area contributed by atoms with Crippen molar-refractivity contribution in [1.29, 1.82) is 5.26 Å². The van der Waals surface area contributed by atoms with Gasteiger partial charge in [-0.15, -0.1) is 0 Å². The molecule has 1 aromatic carbocycles. The molecule has 0 aliphatic rings. The molecule has 0 aliphatic heterocycles. The minimum atomic E-state index is -4.90. The minimum absolute atomic E-state index is 0.277. The molecule has 1 N–H and O–H groups in total. The topological polar surface area (TPSA) is 52.9 Å². The van der Waals surface area contributed by atoms with Crippen LogP contribution in [0.4, 0.5) is 13.2 Å². The van der Waals surface area contributed by atoms with Crippen LogP contribution >= 0.6 is 0 Å². The first-order chi connectivity index (χ1) is 9.44. The van der Waals surface area contributed by atoms with E-state index < -0.39 is 27.4 Å². The number of hydrogen-bond acceptors (Lipinski definition) is 2. The lowest BCUT2D eigenvalue weighted by Gasteiger charge is -2.32. The Bertz CT molecular complexity index is 570. The Hall–Kier alpha value is -1.39. The molecule has 0 heterocycles. The number of aryl methyl sites for hydroxylation is 1. The highest BCUT2D eigenvalue weighted by molar-refractivity contribution is 7.84. The van der Waals surface area contributed by atoms with Crippen LogP contribution in [0.25, 0.3) is 0 Å². The second-order valence-corrected chi connectivity index (χ2v) is 7.68. The summed E-state index contributed by atoms with van der Waals surface area (Å²) in [6.45, 7) is 6.32. The van der Waals surface area contributed by atoms with Gasteiger partial charge in [0.15, 0.2) is 0 Å². The van der Waals surface area contributed by atoms with Gasteiger partial charge in [0.2, 0.25) is 5.54 Å². The Morgan fingerprint density at radius 1 is 1.14 bits per heavy atom. The number of nitriles is 1. The smallest absolute Gasteiger partial charge is 0.242 e. The predicted molar refractivity (Wildman–Crippen MR) is 75.6 cm³/mol. The van der Waals surface area contributed by atoms with Crippen molar-refractivity contribution in [3.8, 4) is 6.07 Å². The van der Waals surface area contributed by atoms with Crippen molar-refractivity contribution < 1.29 is 17.4 Å². The Morgan fingerprint density at radius 2 is 1.62 bits per heavy atom. The van der Waals surface area contributed by atoms with Crippen molar-refractivity contribution in [3.05, 3.63) is 35.4 Å². The Kier molecular flexibility index (Phi) is 4.86. The van der Waals surface area contributed by atoms with Gasteiger partial charge in [-0.05, 0) is 33.3 Å². The maximum Gasteiger partial charge on any atom is 0.425 e. The SMILES string of the molecule is Cc1ccc([C@](C#N)(NS(=O)C(C)(C)C)C(F)(F)F)cc1. The van der Waals surface area contributed by atoms with E-state index in [1.165, 1.54) is 51.1 Å². The Labute approximate surface area is 124 Å². The molecule has 0 amide bonds. The number of nitrogens with zero attached hydrogens (tertiary/aromatic N) is 1. The third-order valence-corrected chi connectivity index (χ3v) is 4.48. The fourth-order valence-electron chi connectivity index (χ4n) is 1.53. The summed E-state index contributed by atoms with van der Waals surface area (Å²) in [6.07, 6.45) is -4.90. The Balaban J connectivity index is 3.41. The van der Waals surface area contributed by atoms with Gasteiger partial charge in [-0.2, -0.15) is 18.4 Å². The summed E-state index contributed by atoms with van der Waals surface area (Å²) < 4.78 is 53.6. The molecule has 7 heteroatoms. The van der Waals surface area contributed by atoms with E-state index in [0.717, 1.165) is 5.56 Å².